The lowest BCUT2D eigenvalue weighted by atomic mass is 10.1. The average molecular weight is 497 g/mol. The van der Waals surface area contributed by atoms with Gasteiger partial charge in [0.15, 0.2) is 0 Å². The van der Waals surface area contributed by atoms with E-state index in [1.807, 2.05) is 71.0 Å². The zero-order valence-electron chi connectivity index (χ0n) is 19.2. The quantitative estimate of drug-likeness (QED) is 0.304. The van der Waals surface area contributed by atoms with Crippen LogP contribution in [0, 0.1) is 6.92 Å². The lowest BCUT2D eigenvalue weighted by molar-refractivity contribution is -0.114. The fourth-order valence-corrected chi connectivity index (χ4v) is 5.68. The van der Waals surface area contributed by atoms with E-state index >= 15 is 0 Å². The molecule has 2 amide bonds. The van der Waals surface area contributed by atoms with Crippen LogP contribution in [-0.4, -0.2) is 11.8 Å². The Balaban J connectivity index is 1.36. The molecule has 1 aliphatic heterocycles. The topological polar surface area (TPSA) is 49.4 Å². The second-order valence-electron chi connectivity index (χ2n) is 8.34. The number of aryl methyl sites for hydroxylation is 1. The molecule has 0 fully saturated rings. The van der Waals surface area contributed by atoms with Crippen LogP contribution in [0.5, 0.6) is 0 Å². The van der Waals surface area contributed by atoms with E-state index in [1.54, 1.807) is 23.5 Å². The van der Waals surface area contributed by atoms with Gasteiger partial charge < -0.3 is 10.2 Å². The average Bonchev–Trinajstić information content (AvgIpc) is 3.39. The number of carbonyl (C=O) groups excluding carboxylic acids is 2. The SMILES string of the molecule is Cc1cccc(CN2C(=O)C(=Cc3ccc(C(=O)NCc4cccs4)cc3)Sc3ccccc32)c1. The van der Waals surface area contributed by atoms with Crippen LogP contribution in [-0.2, 0) is 17.9 Å². The minimum Gasteiger partial charge on any atom is -0.347 e. The second-order valence-corrected chi connectivity index (χ2v) is 10.5. The molecule has 4 nitrogen and oxygen atoms in total. The largest absolute Gasteiger partial charge is 0.347 e. The molecule has 174 valence electrons. The number of nitrogens with zero attached hydrogens (tertiary/aromatic N) is 1. The highest BCUT2D eigenvalue weighted by atomic mass is 32.2. The van der Waals surface area contributed by atoms with Gasteiger partial charge in [0.25, 0.3) is 11.8 Å². The predicted octanol–water partition coefficient (Wildman–Crippen LogP) is 6.67. The third-order valence-electron chi connectivity index (χ3n) is 5.73. The van der Waals surface area contributed by atoms with E-state index in [0.29, 0.717) is 23.6 Å². The lowest BCUT2D eigenvalue weighted by Crippen LogP contribution is -2.33. The summed E-state index contributed by atoms with van der Waals surface area (Å²) in [6.45, 7) is 3.09. The van der Waals surface area contributed by atoms with Crippen LogP contribution in [0.4, 0.5) is 5.69 Å². The molecule has 0 bridgehead atoms. The van der Waals surface area contributed by atoms with Crippen molar-refractivity contribution in [2.24, 2.45) is 0 Å². The first kappa shape index (κ1) is 23.1. The van der Waals surface area contributed by atoms with Crippen molar-refractivity contribution in [1.29, 1.82) is 0 Å². The number of thioether (sulfide) groups is 1. The molecule has 3 aromatic carbocycles. The first-order valence-electron chi connectivity index (χ1n) is 11.3. The van der Waals surface area contributed by atoms with Gasteiger partial charge in [-0.1, -0.05) is 71.9 Å². The Hall–Kier alpha value is -3.61. The maximum Gasteiger partial charge on any atom is 0.265 e. The molecule has 0 saturated carbocycles. The smallest absolute Gasteiger partial charge is 0.265 e. The number of benzene rings is 3. The summed E-state index contributed by atoms with van der Waals surface area (Å²) in [6.07, 6.45) is 1.90. The third kappa shape index (κ3) is 5.39. The highest BCUT2D eigenvalue weighted by molar-refractivity contribution is 8.04. The van der Waals surface area contributed by atoms with Crippen molar-refractivity contribution in [3.63, 3.8) is 0 Å². The number of fused-ring (bicyclic) bond motifs is 1. The van der Waals surface area contributed by atoms with Crippen molar-refractivity contribution in [3.05, 3.63) is 122 Å². The number of nitrogens with one attached hydrogen (secondary N) is 1. The van der Waals surface area contributed by atoms with Crippen molar-refractivity contribution >= 4 is 46.7 Å². The maximum atomic E-state index is 13.5. The minimum atomic E-state index is -0.112. The number of rotatable bonds is 6. The van der Waals surface area contributed by atoms with E-state index in [9.17, 15) is 9.59 Å². The van der Waals surface area contributed by atoms with Gasteiger partial charge in [0.2, 0.25) is 0 Å². The minimum absolute atomic E-state index is 0.0204. The monoisotopic (exact) mass is 496 g/mol. The molecule has 0 saturated heterocycles. The van der Waals surface area contributed by atoms with Crippen molar-refractivity contribution in [2.45, 2.75) is 24.9 Å². The number of hydrogen-bond acceptors (Lipinski definition) is 4. The molecule has 0 unspecified atom stereocenters. The van der Waals surface area contributed by atoms with Crippen LogP contribution >= 0.6 is 23.1 Å². The van der Waals surface area contributed by atoms with Crippen LogP contribution in [0.3, 0.4) is 0 Å². The van der Waals surface area contributed by atoms with Gasteiger partial charge in [-0.3, -0.25) is 9.59 Å². The molecule has 0 spiro atoms. The fraction of sp³-hybridized carbons (Fsp3) is 0.103. The van der Waals surface area contributed by atoms with E-state index in [1.165, 1.54) is 17.3 Å². The van der Waals surface area contributed by atoms with Crippen LogP contribution in [0.15, 0.2) is 100 Å². The summed E-state index contributed by atoms with van der Waals surface area (Å²) in [5.41, 5.74) is 4.67. The summed E-state index contributed by atoms with van der Waals surface area (Å²) < 4.78 is 0. The molecule has 0 atom stereocenters. The Morgan fingerprint density at radius 3 is 2.57 bits per heavy atom. The number of para-hydroxylation sites is 1. The standard InChI is InChI=1S/C29H24N2O2S2/c1-20-6-4-7-22(16-20)19-31-25-9-2-3-10-26(25)35-27(29(31)33)17-21-11-13-23(14-12-21)28(32)30-18-24-8-5-15-34-24/h2-17H,18-19H2,1H3,(H,30,32). The number of hydrogen-bond donors (Lipinski definition) is 1. The number of carbonyl (C=O) groups is 2. The van der Waals surface area contributed by atoms with Crippen LogP contribution in [0.25, 0.3) is 6.08 Å². The second kappa shape index (κ2) is 10.3. The van der Waals surface area contributed by atoms with Crippen LogP contribution in [0.2, 0.25) is 0 Å². The maximum absolute atomic E-state index is 13.5. The van der Waals surface area contributed by atoms with Gasteiger partial charge in [0, 0.05) is 15.3 Å². The van der Waals surface area contributed by atoms with Gasteiger partial charge in [-0.2, -0.15) is 0 Å². The van der Waals surface area contributed by atoms with E-state index in [4.69, 9.17) is 0 Å². The van der Waals surface area contributed by atoms with Crippen molar-refractivity contribution in [3.8, 4) is 0 Å². The molecule has 2 heterocycles. The summed E-state index contributed by atoms with van der Waals surface area (Å²) in [7, 11) is 0. The molecule has 0 aliphatic carbocycles. The van der Waals surface area contributed by atoms with Gasteiger partial charge in [-0.05, 0) is 59.8 Å². The lowest BCUT2D eigenvalue weighted by Gasteiger charge is -2.30. The Labute approximate surface area is 213 Å². The molecule has 1 aromatic heterocycles. The Bertz CT molecular complexity index is 1390. The van der Waals surface area contributed by atoms with Crippen LogP contribution in [0.1, 0.15) is 31.9 Å². The molecule has 1 N–H and O–H groups in total. The Kier molecular flexibility index (Phi) is 6.84. The van der Waals surface area contributed by atoms with Gasteiger partial charge in [0.05, 0.1) is 23.7 Å². The molecule has 4 aromatic rings. The van der Waals surface area contributed by atoms with Gasteiger partial charge in [-0.25, -0.2) is 0 Å². The molecular formula is C29H24N2O2S2. The highest BCUT2D eigenvalue weighted by Gasteiger charge is 2.29. The predicted molar refractivity (Wildman–Crippen MR) is 145 cm³/mol. The summed E-state index contributed by atoms with van der Waals surface area (Å²) in [5.74, 6) is -0.132. The molecule has 5 rings (SSSR count). The van der Waals surface area contributed by atoms with Crippen molar-refractivity contribution in [2.75, 3.05) is 4.90 Å². The van der Waals surface area contributed by atoms with E-state index < -0.39 is 0 Å². The third-order valence-corrected chi connectivity index (χ3v) is 7.68. The van der Waals surface area contributed by atoms with Gasteiger partial charge in [0.1, 0.15) is 0 Å². The number of anilines is 1. The van der Waals surface area contributed by atoms with Crippen LogP contribution < -0.4 is 10.2 Å². The normalized spacial score (nSPS) is 14.1. The highest BCUT2D eigenvalue weighted by Crippen LogP contribution is 2.42. The molecule has 1 aliphatic rings. The summed E-state index contributed by atoms with van der Waals surface area (Å²) in [5, 5.41) is 4.94. The van der Waals surface area contributed by atoms with E-state index in [-0.39, 0.29) is 11.8 Å². The summed E-state index contributed by atoms with van der Waals surface area (Å²) in [4.78, 5) is 30.7. The Morgan fingerprint density at radius 1 is 0.971 bits per heavy atom. The molecule has 6 heteroatoms. The molecular weight excluding hydrogens is 472 g/mol. The van der Waals surface area contributed by atoms with Crippen molar-refractivity contribution < 1.29 is 9.59 Å². The Morgan fingerprint density at radius 2 is 1.80 bits per heavy atom. The van der Waals surface area contributed by atoms with Gasteiger partial charge in [-0.15, -0.1) is 11.3 Å². The number of amides is 2. The van der Waals surface area contributed by atoms with E-state index in [0.717, 1.165) is 26.6 Å². The number of thiophene rings is 1. The van der Waals surface area contributed by atoms with Crippen molar-refractivity contribution in [1.82, 2.24) is 5.32 Å². The van der Waals surface area contributed by atoms with Gasteiger partial charge >= 0.3 is 0 Å². The first-order chi connectivity index (χ1) is 17.1. The van der Waals surface area contributed by atoms with E-state index in [2.05, 4.69) is 30.4 Å². The zero-order chi connectivity index (χ0) is 24.2. The fourth-order valence-electron chi connectivity index (χ4n) is 3.98. The first-order valence-corrected chi connectivity index (χ1v) is 13.0. The summed E-state index contributed by atoms with van der Waals surface area (Å²) >= 11 is 3.10. The molecule has 0 radical (unpaired) electrons. The summed E-state index contributed by atoms with van der Waals surface area (Å²) in [6, 6.07) is 27.6. The molecule has 35 heavy (non-hydrogen) atoms. The zero-order valence-corrected chi connectivity index (χ0v) is 20.9.